The number of aromatic nitrogens is 1. The lowest BCUT2D eigenvalue weighted by Crippen LogP contribution is -2.41. The van der Waals surface area contributed by atoms with E-state index < -0.39 is 11.8 Å². The zero-order valence-corrected chi connectivity index (χ0v) is 14.1. The number of rotatable bonds is 7. The summed E-state index contributed by atoms with van der Waals surface area (Å²) in [6.45, 7) is 3.61. The average Bonchev–Trinajstić information content (AvgIpc) is 3.04. The molecule has 0 radical (unpaired) electrons. The molecular formula is C17H20N4O4. The van der Waals surface area contributed by atoms with E-state index in [4.69, 9.17) is 4.52 Å². The average molecular weight is 344 g/mol. The van der Waals surface area contributed by atoms with Crippen molar-refractivity contribution < 1.29 is 18.9 Å². The van der Waals surface area contributed by atoms with E-state index in [9.17, 15) is 14.4 Å². The van der Waals surface area contributed by atoms with Gasteiger partial charge in [-0.3, -0.25) is 14.4 Å². The highest BCUT2D eigenvalue weighted by atomic mass is 16.5. The van der Waals surface area contributed by atoms with E-state index in [2.05, 4.69) is 21.1 Å². The van der Waals surface area contributed by atoms with Crippen molar-refractivity contribution in [3.8, 4) is 0 Å². The maximum atomic E-state index is 11.7. The molecule has 0 unspecified atom stereocenters. The number of hydrogen-bond donors (Lipinski definition) is 3. The molecule has 2 rings (SSSR count). The second kappa shape index (κ2) is 8.62. The minimum absolute atomic E-state index is 0.0983. The maximum Gasteiger partial charge on any atom is 0.273 e. The molecule has 0 aliphatic heterocycles. The molecule has 0 fully saturated rings. The Labute approximate surface area is 145 Å². The van der Waals surface area contributed by atoms with Crippen LogP contribution in [0.25, 0.3) is 0 Å². The molecule has 2 aromatic rings. The van der Waals surface area contributed by atoms with Gasteiger partial charge in [0.05, 0.1) is 13.1 Å². The fraction of sp³-hybridized carbons (Fsp3) is 0.294. The van der Waals surface area contributed by atoms with Crippen LogP contribution in [0.5, 0.6) is 0 Å². The Bertz CT molecular complexity index is 752. The van der Waals surface area contributed by atoms with Crippen molar-refractivity contribution in [3.05, 3.63) is 52.9 Å². The number of hydrogen-bond acceptors (Lipinski definition) is 5. The molecular weight excluding hydrogens is 324 g/mol. The Kier molecular flexibility index (Phi) is 6.27. The van der Waals surface area contributed by atoms with Crippen molar-refractivity contribution in [3.63, 3.8) is 0 Å². The van der Waals surface area contributed by atoms with E-state index >= 15 is 0 Å². The highest BCUT2D eigenvalue weighted by molar-refractivity contribution is 5.95. The van der Waals surface area contributed by atoms with Crippen LogP contribution in [-0.2, 0) is 16.1 Å². The Hall–Kier alpha value is -3.16. The first-order valence-electron chi connectivity index (χ1n) is 7.74. The van der Waals surface area contributed by atoms with Crippen LogP contribution in [0.15, 0.2) is 34.9 Å². The molecule has 0 aliphatic rings. The van der Waals surface area contributed by atoms with Crippen molar-refractivity contribution in [1.82, 2.24) is 21.1 Å². The third-order valence-electron chi connectivity index (χ3n) is 3.33. The summed E-state index contributed by atoms with van der Waals surface area (Å²) < 4.78 is 4.78. The number of nitrogens with one attached hydrogen (secondary N) is 3. The molecule has 0 saturated carbocycles. The van der Waals surface area contributed by atoms with Gasteiger partial charge in [0.15, 0.2) is 5.69 Å². The summed E-state index contributed by atoms with van der Waals surface area (Å²) in [4.78, 5) is 35.1. The van der Waals surface area contributed by atoms with Crippen LogP contribution in [0.3, 0.4) is 0 Å². The Morgan fingerprint density at radius 2 is 1.60 bits per heavy atom. The van der Waals surface area contributed by atoms with Gasteiger partial charge in [0.25, 0.3) is 5.91 Å². The molecule has 0 aliphatic carbocycles. The van der Waals surface area contributed by atoms with Gasteiger partial charge in [-0.25, -0.2) is 0 Å². The Morgan fingerprint density at radius 3 is 2.24 bits per heavy atom. The third kappa shape index (κ3) is 6.09. The number of benzene rings is 1. The van der Waals surface area contributed by atoms with Crippen LogP contribution in [-0.4, -0.2) is 36.0 Å². The maximum absolute atomic E-state index is 11.7. The molecule has 0 atom stereocenters. The quantitative estimate of drug-likeness (QED) is 0.675. The van der Waals surface area contributed by atoms with Gasteiger partial charge >= 0.3 is 0 Å². The van der Waals surface area contributed by atoms with E-state index in [1.165, 1.54) is 6.07 Å². The first-order chi connectivity index (χ1) is 11.9. The zero-order valence-electron chi connectivity index (χ0n) is 14.1. The van der Waals surface area contributed by atoms with Crippen LogP contribution in [0.4, 0.5) is 0 Å². The summed E-state index contributed by atoms with van der Waals surface area (Å²) in [7, 11) is 0. The molecule has 1 heterocycles. The highest BCUT2D eigenvalue weighted by Gasteiger charge is 2.12. The van der Waals surface area contributed by atoms with Crippen molar-refractivity contribution >= 4 is 17.7 Å². The lowest BCUT2D eigenvalue weighted by atomic mass is 10.1. The molecule has 3 N–H and O–H groups in total. The number of carbonyl (C=O) groups is 3. The van der Waals surface area contributed by atoms with E-state index in [1.807, 2.05) is 31.2 Å². The van der Waals surface area contributed by atoms with Crippen molar-refractivity contribution in [2.24, 2.45) is 0 Å². The predicted octanol–water partition coefficient (Wildman–Crippen LogP) is 0.454. The van der Waals surface area contributed by atoms with Gasteiger partial charge in [-0.1, -0.05) is 35.0 Å². The molecule has 3 amide bonds. The SMILES string of the molecule is Cc1ccc(CNC(=O)CNC(=O)CNC(=O)c2cc(C)on2)cc1. The topological polar surface area (TPSA) is 113 Å². The largest absolute Gasteiger partial charge is 0.361 e. The number of carbonyl (C=O) groups excluding carboxylic acids is 3. The molecule has 0 saturated heterocycles. The molecule has 8 heteroatoms. The molecule has 1 aromatic heterocycles. The monoisotopic (exact) mass is 344 g/mol. The van der Waals surface area contributed by atoms with Crippen molar-refractivity contribution in [2.45, 2.75) is 20.4 Å². The van der Waals surface area contributed by atoms with Gasteiger partial charge in [-0.2, -0.15) is 0 Å². The van der Waals surface area contributed by atoms with E-state index in [0.717, 1.165) is 11.1 Å². The van der Waals surface area contributed by atoms with Gasteiger partial charge in [-0.05, 0) is 19.4 Å². The third-order valence-corrected chi connectivity index (χ3v) is 3.33. The smallest absolute Gasteiger partial charge is 0.273 e. The van der Waals surface area contributed by atoms with Gasteiger partial charge in [0.2, 0.25) is 11.8 Å². The number of aryl methyl sites for hydroxylation is 2. The minimum Gasteiger partial charge on any atom is -0.361 e. The van der Waals surface area contributed by atoms with Crippen molar-refractivity contribution in [1.29, 1.82) is 0 Å². The van der Waals surface area contributed by atoms with E-state index in [-0.39, 0.29) is 24.7 Å². The second-order valence-corrected chi connectivity index (χ2v) is 5.54. The fourth-order valence-corrected chi connectivity index (χ4v) is 1.93. The molecule has 132 valence electrons. The molecule has 8 nitrogen and oxygen atoms in total. The van der Waals surface area contributed by atoms with Crippen LogP contribution >= 0.6 is 0 Å². The fourth-order valence-electron chi connectivity index (χ4n) is 1.93. The number of nitrogens with zero attached hydrogens (tertiary/aromatic N) is 1. The lowest BCUT2D eigenvalue weighted by Gasteiger charge is -2.08. The van der Waals surface area contributed by atoms with E-state index in [1.54, 1.807) is 6.92 Å². The van der Waals surface area contributed by atoms with E-state index in [0.29, 0.717) is 12.3 Å². The molecule has 0 bridgehead atoms. The normalized spacial score (nSPS) is 10.2. The minimum atomic E-state index is -0.518. The lowest BCUT2D eigenvalue weighted by molar-refractivity contribution is -0.125. The Balaban J connectivity index is 1.64. The highest BCUT2D eigenvalue weighted by Crippen LogP contribution is 2.02. The molecule has 0 spiro atoms. The van der Waals surface area contributed by atoms with Gasteiger partial charge in [0, 0.05) is 12.6 Å². The summed E-state index contributed by atoms with van der Waals surface area (Å²) in [5, 5.41) is 11.1. The van der Waals surface area contributed by atoms with Gasteiger partial charge < -0.3 is 20.5 Å². The summed E-state index contributed by atoms with van der Waals surface area (Å²) in [5.41, 5.74) is 2.21. The standard InChI is InChI=1S/C17H20N4O4/c1-11-3-5-13(6-4-11)8-18-15(22)9-19-16(23)10-20-17(24)14-7-12(2)25-21-14/h3-7H,8-10H2,1-2H3,(H,18,22)(H,19,23)(H,20,24). The first-order valence-corrected chi connectivity index (χ1v) is 7.74. The van der Waals surface area contributed by atoms with Crippen LogP contribution in [0.2, 0.25) is 0 Å². The second-order valence-electron chi connectivity index (χ2n) is 5.54. The molecule has 1 aromatic carbocycles. The molecule has 25 heavy (non-hydrogen) atoms. The van der Waals surface area contributed by atoms with Gasteiger partial charge in [0.1, 0.15) is 5.76 Å². The summed E-state index contributed by atoms with van der Waals surface area (Å²) >= 11 is 0. The zero-order chi connectivity index (χ0) is 18.2. The van der Waals surface area contributed by atoms with Crippen LogP contribution in [0.1, 0.15) is 27.4 Å². The number of amides is 3. The summed E-state index contributed by atoms with van der Waals surface area (Å²) in [6.07, 6.45) is 0. The van der Waals surface area contributed by atoms with Crippen LogP contribution < -0.4 is 16.0 Å². The first kappa shape index (κ1) is 18.2. The summed E-state index contributed by atoms with van der Waals surface area (Å²) in [5.74, 6) is -0.804. The predicted molar refractivity (Wildman–Crippen MR) is 89.6 cm³/mol. The van der Waals surface area contributed by atoms with Crippen LogP contribution in [0, 0.1) is 13.8 Å². The summed E-state index contributed by atoms with van der Waals surface area (Å²) in [6, 6.07) is 9.24. The van der Waals surface area contributed by atoms with Crippen molar-refractivity contribution in [2.75, 3.05) is 13.1 Å². The Morgan fingerprint density at radius 1 is 0.960 bits per heavy atom. The van der Waals surface area contributed by atoms with Gasteiger partial charge in [-0.15, -0.1) is 0 Å².